The Morgan fingerprint density at radius 2 is 2.03 bits per heavy atom. The molecule has 3 aromatic rings. The van der Waals surface area contributed by atoms with E-state index in [4.69, 9.17) is 32.4 Å². The number of fused-ring (bicyclic) bond motifs is 2. The summed E-state index contributed by atoms with van der Waals surface area (Å²) in [6.07, 6.45) is 5.16. The monoisotopic (exact) mass is 543 g/mol. The van der Waals surface area contributed by atoms with Gasteiger partial charge in [-0.05, 0) is 62.4 Å². The first-order valence-electron chi connectivity index (χ1n) is 12.9. The number of carbonyl (C=O) groups excluding carboxylic acids is 1. The highest BCUT2D eigenvalue weighted by molar-refractivity contribution is 6.35. The number of nitrogens with zero attached hydrogens (tertiary/aromatic N) is 1. The number of amides is 1. The molecule has 8 heteroatoms. The summed E-state index contributed by atoms with van der Waals surface area (Å²) < 4.78 is 11.5. The Labute approximate surface area is 226 Å². The number of halogens is 2. The van der Waals surface area contributed by atoms with Crippen LogP contribution in [0.1, 0.15) is 55.2 Å². The third kappa shape index (κ3) is 5.52. The van der Waals surface area contributed by atoms with Gasteiger partial charge in [-0.3, -0.25) is 4.79 Å². The lowest BCUT2D eigenvalue weighted by molar-refractivity contribution is -0.143. The lowest BCUT2D eigenvalue weighted by Gasteiger charge is -2.47. The number of aryl methyl sites for hydroxylation is 1. The molecule has 1 N–H and O–H groups in total. The van der Waals surface area contributed by atoms with E-state index in [2.05, 4.69) is 0 Å². The fourth-order valence-electron chi connectivity index (χ4n) is 5.74. The number of ether oxygens (including phenoxy) is 1. The maximum atomic E-state index is 13.0. The second-order valence-electron chi connectivity index (χ2n) is 10.3. The molecule has 0 bridgehead atoms. The highest BCUT2D eigenvalue weighted by atomic mass is 35.5. The van der Waals surface area contributed by atoms with E-state index in [1.54, 1.807) is 18.2 Å². The molecule has 6 nitrogen and oxygen atoms in total. The maximum Gasteiger partial charge on any atom is 0.339 e. The number of likely N-dealkylation sites (tertiary alicyclic amines) is 1. The zero-order valence-corrected chi connectivity index (χ0v) is 22.4. The van der Waals surface area contributed by atoms with Gasteiger partial charge in [0.25, 0.3) is 0 Å². The fraction of sp³-hybridized carbons (Fsp3) is 0.448. The lowest BCUT2D eigenvalue weighted by atomic mass is 9.71. The van der Waals surface area contributed by atoms with E-state index < -0.39 is 11.2 Å². The van der Waals surface area contributed by atoms with Crippen LogP contribution in [-0.4, -0.2) is 34.6 Å². The van der Waals surface area contributed by atoms with Crippen molar-refractivity contribution in [2.24, 2.45) is 5.92 Å². The van der Waals surface area contributed by atoms with Crippen molar-refractivity contribution in [3.63, 3.8) is 0 Å². The number of piperidine rings is 1. The summed E-state index contributed by atoms with van der Waals surface area (Å²) in [6, 6.07) is 10.6. The van der Waals surface area contributed by atoms with Gasteiger partial charge < -0.3 is 19.2 Å². The van der Waals surface area contributed by atoms with Gasteiger partial charge in [-0.25, -0.2) is 4.79 Å². The molecule has 1 amide bonds. The molecular weight excluding hydrogens is 513 g/mol. The predicted octanol–water partition coefficient (Wildman–Crippen LogP) is 6.07. The van der Waals surface area contributed by atoms with Crippen LogP contribution in [-0.2, 0) is 17.8 Å². The largest absolute Gasteiger partial charge is 0.489 e. The number of benzene rings is 2. The molecule has 1 aliphatic heterocycles. The van der Waals surface area contributed by atoms with Gasteiger partial charge >= 0.3 is 5.63 Å². The number of hydrogen-bond donors (Lipinski definition) is 1. The third-order valence-corrected chi connectivity index (χ3v) is 8.62. The van der Waals surface area contributed by atoms with Crippen LogP contribution in [0.2, 0.25) is 10.0 Å². The van der Waals surface area contributed by atoms with Crippen LogP contribution in [0.5, 0.6) is 5.75 Å². The summed E-state index contributed by atoms with van der Waals surface area (Å²) in [7, 11) is 0. The zero-order valence-electron chi connectivity index (χ0n) is 20.9. The van der Waals surface area contributed by atoms with Crippen molar-refractivity contribution in [2.45, 2.75) is 64.1 Å². The van der Waals surface area contributed by atoms with E-state index in [0.717, 1.165) is 42.2 Å². The maximum absolute atomic E-state index is 13.0. The van der Waals surface area contributed by atoms with Gasteiger partial charge in [0.15, 0.2) is 0 Å². The average molecular weight is 544 g/mol. The summed E-state index contributed by atoms with van der Waals surface area (Å²) in [5, 5.41) is 12.8. The lowest BCUT2D eigenvalue weighted by Crippen LogP contribution is -2.54. The van der Waals surface area contributed by atoms with Crippen molar-refractivity contribution in [2.75, 3.05) is 13.1 Å². The molecule has 196 valence electrons. The Morgan fingerprint density at radius 1 is 1.19 bits per heavy atom. The summed E-state index contributed by atoms with van der Waals surface area (Å²) in [4.78, 5) is 27.7. The molecule has 1 aromatic heterocycles. The Kier molecular flexibility index (Phi) is 7.53. The third-order valence-electron chi connectivity index (χ3n) is 8.04. The van der Waals surface area contributed by atoms with Crippen LogP contribution in [0.15, 0.2) is 45.6 Å². The molecule has 5 rings (SSSR count). The molecule has 37 heavy (non-hydrogen) atoms. The van der Waals surface area contributed by atoms with Crippen LogP contribution in [0.4, 0.5) is 0 Å². The molecule has 1 aliphatic carbocycles. The van der Waals surface area contributed by atoms with Crippen LogP contribution in [0, 0.1) is 12.8 Å². The van der Waals surface area contributed by atoms with Crippen LogP contribution in [0.25, 0.3) is 11.0 Å². The summed E-state index contributed by atoms with van der Waals surface area (Å²) >= 11 is 12.2. The minimum Gasteiger partial charge on any atom is -0.489 e. The molecule has 2 aromatic carbocycles. The minimum atomic E-state index is -0.616. The zero-order chi connectivity index (χ0) is 26.2. The molecule has 2 fully saturated rings. The normalized spacial score (nSPS) is 21.6. The van der Waals surface area contributed by atoms with Crippen molar-refractivity contribution in [3.05, 3.63) is 73.6 Å². The van der Waals surface area contributed by atoms with Gasteiger partial charge in [-0.2, -0.15) is 0 Å². The van der Waals surface area contributed by atoms with Crippen LogP contribution < -0.4 is 10.4 Å². The topological polar surface area (TPSA) is 80.0 Å². The first-order chi connectivity index (χ1) is 17.7. The second-order valence-corrected chi connectivity index (χ2v) is 11.2. The Balaban J connectivity index is 1.25. The number of aliphatic hydroxyl groups is 1. The van der Waals surface area contributed by atoms with Crippen molar-refractivity contribution < 1.29 is 19.1 Å². The van der Waals surface area contributed by atoms with Crippen molar-refractivity contribution in [1.29, 1.82) is 0 Å². The van der Waals surface area contributed by atoms with E-state index >= 15 is 0 Å². The van der Waals surface area contributed by atoms with Gasteiger partial charge in [0, 0.05) is 58.1 Å². The van der Waals surface area contributed by atoms with Gasteiger partial charge in [0.1, 0.15) is 17.9 Å². The van der Waals surface area contributed by atoms with E-state index in [0.29, 0.717) is 52.9 Å². The highest BCUT2D eigenvalue weighted by Crippen LogP contribution is 2.40. The first kappa shape index (κ1) is 26.1. The average Bonchev–Trinajstić information content (AvgIpc) is 2.87. The van der Waals surface area contributed by atoms with Crippen LogP contribution in [0.3, 0.4) is 0 Å². The molecule has 2 aliphatic rings. The predicted molar refractivity (Wildman–Crippen MR) is 144 cm³/mol. The fourth-order valence-corrected chi connectivity index (χ4v) is 6.20. The van der Waals surface area contributed by atoms with E-state index in [9.17, 15) is 14.7 Å². The molecule has 2 atom stereocenters. The Morgan fingerprint density at radius 3 is 2.84 bits per heavy atom. The Hall–Kier alpha value is -2.54. The number of hydrogen-bond acceptors (Lipinski definition) is 5. The van der Waals surface area contributed by atoms with Crippen molar-refractivity contribution in [3.8, 4) is 5.75 Å². The molecule has 0 spiro atoms. The summed E-state index contributed by atoms with van der Waals surface area (Å²) in [5.74, 6) is 0.728. The van der Waals surface area contributed by atoms with Gasteiger partial charge in [0.05, 0.1) is 5.60 Å². The smallest absolute Gasteiger partial charge is 0.339 e. The standard InChI is InChI=1S/C29H31Cl2NO5/c1-18-23-8-7-22(36-17-19-5-6-21(30)14-25(19)31)15-26(23)37-28(34)24(18)9-10-27(33)32-13-12-29(35)11-3-2-4-20(29)16-32/h5-8,14-15,20,35H,2-4,9-13,16-17H2,1H3/t20-,29-/m0/s1. The van der Waals surface area contributed by atoms with Gasteiger partial charge in [-0.15, -0.1) is 0 Å². The van der Waals surface area contributed by atoms with Gasteiger partial charge in [-0.1, -0.05) is 42.1 Å². The van der Waals surface area contributed by atoms with Gasteiger partial charge in [0.2, 0.25) is 5.91 Å². The second kappa shape index (κ2) is 10.7. The molecule has 0 unspecified atom stereocenters. The van der Waals surface area contributed by atoms with E-state index in [1.807, 2.05) is 30.0 Å². The molecular formula is C29H31Cl2NO5. The van der Waals surface area contributed by atoms with Crippen LogP contribution >= 0.6 is 23.2 Å². The molecule has 1 saturated heterocycles. The highest BCUT2D eigenvalue weighted by Gasteiger charge is 2.43. The van der Waals surface area contributed by atoms with Crippen molar-refractivity contribution in [1.82, 2.24) is 4.90 Å². The van der Waals surface area contributed by atoms with E-state index in [1.165, 1.54) is 0 Å². The number of carbonyl (C=O) groups is 1. The molecule has 0 radical (unpaired) electrons. The molecule has 2 heterocycles. The summed E-state index contributed by atoms with van der Waals surface area (Å²) in [6.45, 7) is 3.31. The van der Waals surface area contributed by atoms with Crippen molar-refractivity contribution >= 4 is 40.1 Å². The Bertz CT molecular complexity index is 1390. The summed E-state index contributed by atoms with van der Waals surface area (Å²) in [5.41, 5.74) is 1.51. The minimum absolute atomic E-state index is 0.0242. The quantitative estimate of drug-likeness (QED) is 0.381. The van der Waals surface area contributed by atoms with E-state index in [-0.39, 0.29) is 24.9 Å². The molecule has 1 saturated carbocycles. The number of rotatable bonds is 6. The SMILES string of the molecule is Cc1c(CCC(=O)N2CC[C@@]3(O)CCCC[C@H]3C2)c(=O)oc2cc(OCc3ccc(Cl)cc3Cl)ccc12. The first-order valence-corrected chi connectivity index (χ1v) is 13.6.